The summed E-state index contributed by atoms with van der Waals surface area (Å²) in [4.78, 5) is 0. The molecule has 0 unspecified atom stereocenters. The van der Waals surface area contributed by atoms with E-state index in [4.69, 9.17) is 0 Å². The van der Waals surface area contributed by atoms with Gasteiger partial charge in [0.2, 0.25) is 0 Å². The molecule has 1 aliphatic rings. The van der Waals surface area contributed by atoms with Crippen LogP contribution < -0.4 is 0 Å². The van der Waals surface area contributed by atoms with Gasteiger partial charge in [0.05, 0.1) is 0 Å². The van der Waals surface area contributed by atoms with Crippen LogP contribution in [-0.2, 0) is 25.8 Å². The van der Waals surface area contributed by atoms with Crippen LogP contribution in [-0.4, -0.2) is 42.3 Å². The Kier molecular flexibility index (Phi) is 99.2. The van der Waals surface area contributed by atoms with Gasteiger partial charge in [-0.1, -0.05) is 0 Å². The second-order valence-corrected chi connectivity index (χ2v) is 2.34. The molecule has 0 aliphatic heterocycles. The Labute approximate surface area is 128 Å². The molecule has 1 rings (SSSR count). The Morgan fingerprint density at radius 1 is 0.882 bits per heavy atom. The van der Waals surface area contributed by atoms with Gasteiger partial charge in [-0.3, -0.25) is 6.08 Å². The second kappa shape index (κ2) is 55.6. The van der Waals surface area contributed by atoms with E-state index in [1.54, 1.807) is 49.2 Å². The van der Waals surface area contributed by atoms with E-state index < -0.39 is 0 Å². The van der Waals surface area contributed by atoms with Gasteiger partial charge in [-0.2, -0.15) is 55.3 Å². The van der Waals surface area contributed by atoms with Crippen LogP contribution in [0.1, 0.15) is 13.3 Å². The SMILES string of the molecule is C[N-]C.C[N-]C.C[N-]C.[C-]1=CC=CC1.[CH2-]C.[Hf]. The van der Waals surface area contributed by atoms with Crippen molar-refractivity contribution in [1.29, 1.82) is 0 Å². The summed E-state index contributed by atoms with van der Waals surface area (Å²) in [6.45, 7) is 5.00. The number of hydrogen-bond acceptors (Lipinski definition) is 0. The summed E-state index contributed by atoms with van der Waals surface area (Å²) in [5.74, 6) is 0. The van der Waals surface area contributed by atoms with Gasteiger partial charge >= 0.3 is 0 Å². The molecule has 0 radical (unpaired) electrons. The zero-order chi connectivity index (χ0) is 13.7. The van der Waals surface area contributed by atoms with Gasteiger partial charge in [-0.05, 0) is 0 Å². The minimum absolute atomic E-state index is 0. The van der Waals surface area contributed by atoms with Crippen molar-refractivity contribution in [1.82, 2.24) is 0 Å². The predicted molar refractivity (Wildman–Crippen MR) is 78.2 cm³/mol. The van der Waals surface area contributed by atoms with E-state index in [1.807, 2.05) is 12.2 Å². The van der Waals surface area contributed by atoms with E-state index in [9.17, 15) is 0 Å². The molecule has 0 N–H and O–H groups in total. The molecule has 1 aliphatic carbocycles. The smallest absolute Gasteiger partial charge is 0 e. The molecule has 0 atom stereocenters. The molecule has 0 fully saturated rings. The Morgan fingerprint density at radius 2 is 1.18 bits per heavy atom. The van der Waals surface area contributed by atoms with Crippen molar-refractivity contribution in [3.63, 3.8) is 0 Å². The first-order valence-electron chi connectivity index (χ1n) is 5.11. The van der Waals surface area contributed by atoms with E-state index in [1.165, 1.54) is 0 Å². The van der Waals surface area contributed by atoms with E-state index in [2.05, 4.69) is 35.0 Å². The second-order valence-electron chi connectivity index (χ2n) is 2.34. The van der Waals surface area contributed by atoms with Crippen LogP contribution in [0.5, 0.6) is 0 Å². The fourth-order valence-electron chi connectivity index (χ4n) is 0.340. The normalized spacial score (nSPS) is 8.71. The fraction of sp³-hybridized carbons (Fsp3) is 0.615. The summed E-state index contributed by atoms with van der Waals surface area (Å²) >= 11 is 0. The molecule has 0 amide bonds. The van der Waals surface area contributed by atoms with Crippen molar-refractivity contribution in [2.45, 2.75) is 13.3 Å². The summed E-state index contributed by atoms with van der Waals surface area (Å²) in [5, 5.41) is 10.5. The van der Waals surface area contributed by atoms with Crippen molar-refractivity contribution in [3.05, 3.63) is 47.2 Å². The average molecular weight is 405 g/mol. The molecule has 0 aromatic carbocycles. The summed E-state index contributed by atoms with van der Waals surface area (Å²) in [6.07, 6.45) is 10.0. The third-order valence-corrected chi connectivity index (χ3v) is 0.586. The number of hydrogen-bond donors (Lipinski definition) is 0. The van der Waals surface area contributed by atoms with Crippen molar-refractivity contribution >= 4 is 0 Å². The van der Waals surface area contributed by atoms with Gasteiger partial charge < -0.3 is 22.9 Å². The summed E-state index contributed by atoms with van der Waals surface area (Å²) < 4.78 is 0. The van der Waals surface area contributed by atoms with Gasteiger partial charge in [0, 0.05) is 25.8 Å². The quantitative estimate of drug-likeness (QED) is 0.432. The van der Waals surface area contributed by atoms with Crippen LogP contribution in [0.3, 0.4) is 0 Å². The molecule has 3 nitrogen and oxygen atoms in total. The van der Waals surface area contributed by atoms with E-state index in [0.717, 1.165) is 6.42 Å². The summed E-state index contributed by atoms with van der Waals surface area (Å²) in [6, 6.07) is 0. The molecule has 0 saturated carbocycles. The molecule has 0 aromatic heterocycles. The largest absolute Gasteiger partial charge is 0.668 e. The Hall–Kier alpha value is 0.230. The number of allylic oxidation sites excluding steroid dienone is 4. The monoisotopic (exact) mass is 406 g/mol. The molecule has 0 spiro atoms. The standard InChI is InChI=1S/C5H5.3C2H6N.C2H5.Hf/c1-2-4-5-3-1;3*1-3-2;1-2;/h1-3H,4H2;3*1-2H3;1H2,2H3;/q5*-1;. The zero-order valence-electron chi connectivity index (χ0n) is 12.5. The van der Waals surface area contributed by atoms with Crippen molar-refractivity contribution in [2.75, 3.05) is 42.3 Å². The number of nitrogens with zero attached hydrogens (tertiary/aromatic N) is 3. The zero-order valence-corrected chi connectivity index (χ0v) is 16.1. The first-order valence-corrected chi connectivity index (χ1v) is 5.11. The first kappa shape index (κ1) is 30.3. The fourth-order valence-corrected chi connectivity index (χ4v) is 0.340. The summed E-state index contributed by atoms with van der Waals surface area (Å²) in [5.41, 5.74) is 0. The maximum Gasteiger partial charge on any atom is 0 e. The van der Waals surface area contributed by atoms with Crippen LogP contribution in [0.15, 0.2) is 18.2 Å². The third-order valence-electron chi connectivity index (χ3n) is 0.586. The third kappa shape index (κ3) is 120. The molecular weight excluding hydrogens is 377 g/mol. The topological polar surface area (TPSA) is 42.3 Å². The molecule has 104 valence electrons. The predicted octanol–water partition coefficient (Wildman–Crippen LogP) is 4.00. The number of rotatable bonds is 0. The van der Waals surface area contributed by atoms with Crippen molar-refractivity contribution in [3.8, 4) is 0 Å². The van der Waals surface area contributed by atoms with Crippen LogP contribution in [0.2, 0.25) is 0 Å². The molecule has 0 heterocycles. The van der Waals surface area contributed by atoms with Crippen molar-refractivity contribution < 1.29 is 25.8 Å². The van der Waals surface area contributed by atoms with Gasteiger partial charge in [0.1, 0.15) is 0 Å². The van der Waals surface area contributed by atoms with E-state index in [-0.39, 0.29) is 25.8 Å². The molecule has 0 aromatic rings. The van der Waals surface area contributed by atoms with Crippen LogP contribution in [0.4, 0.5) is 0 Å². The molecular formula is C13H28HfN3-5. The van der Waals surface area contributed by atoms with Crippen LogP contribution >= 0.6 is 0 Å². The summed E-state index contributed by atoms with van der Waals surface area (Å²) in [7, 11) is 10.5. The van der Waals surface area contributed by atoms with E-state index >= 15 is 0 Å². The van der Waals surface area contributed by atoms with Gasteiger partial charge in [0.25, 0.3) is 0 Å². The molecule has 0 bridgehead atoms. The van der Waals surface area contributed by atoms with Crippen LogP contribution in [0, 0.1) is 13.0 Å². The maximum atomic E-state index is 3.50. The minimum atomic E-state index is 0. The Bertz CT molecular complexity index is 100. The van der Waals surface area contributed by atoms with Crippen LogP contribution in [0.25, 0.3) is 16.0 Å². The minimum Gasteiger partial charge on any atom is -0.668 e. The molecule has 0 saturated heterocycles. The van der Waals surface area contributed by atoms with E-state index in [0.29, 0.717) is 0 Å². The average Bonchev–Trinajstić information content (AvgIpc) is 2.81. The van der Waals surface area contributed by atoms with Gasteiger partial charge in [-0.15, -0.1) is 6.42 Å². The molecule has 4 heteroatoms. The Morgan fingerprint density at radius 3 is 1.24 bits per heavy atom. The first-order chi connectivity index (χ1) is 7.74. The van der Waals surface area contributed by atoms with Gasteiger partial charge in [0.15, 0.2) is 0 Å². The Balaban J connectivity index is -0.0000000365. The molecule has 17 heavy (non-hydrogen) atoms. The van der Waals surface area contributed by atoms with Gasteiger partial charge in [-0.25, -0.2) is 12.2 Å². The van der Waals surface area contributed by atoms with Crippen molar-refractivity contribution in [2.24, 2.45) is 0 Å². The maximum absolute atomic E-state index is 3.50.